The Balaban J connectivity index is 2.69. The molecule has 0 aliphatic heterocycles. The summed E-state index contributed by atoms with van der Waals surface area (Å²) >= 11 is 0. The Bertz CT molecular complexity index is 256. The molecule has 0 saturated heterocycles. The second-order valence-electron chi connectivity index (χ2n) is 4.34. The molecule has 0 heterocycles. The molecule has 5 nitrogen and oxygen atoms in total. The predicted octanol–water partition coefficient (Wildman–Crippen LogP) is 0.930. The molecule has 1 aliphatic carbocycles. The first-order valence-corrected chi connectivity index (χ1v) is 5.42. The van der Waals surface area contributed by atoms with Crippen LogP contribution < -0.4 is 16.8 Å². The lowest BCUT2D eigenvalue weighted by Crippen LogP contribution is -2.60. The molecule has 0 unspecified atom stereocenters. The number of carbonyl (C=O) groups is 1. The zero-order chi connectivity index (χ0) is 11.5. The smallest absolute Gasteiger partial charge is 0.312 e. The van der Waals surface area contributed by atoms with Crippen molar-refractivity contribution in [2.24, 2.45) is 17.4 Å². The number of rotatable bonds is 3. The molecule has 0 bridgehead atoms. The zero-order valence-corrected chi connectivity index (χ0v) is 9.18. The van der Waals surface area contributed by atoms with E-state index in [1.165, 1.54) is 0 Å². The van der Waals surface area contributed by atoms with Gasteiger partial charge in [0.1, 0.15) is 5.84 Å². The number of hydrogen-bond donors (Lipinski definition) is 4. The molecule has 0 aromatic rings. The number of nitrogens with one attached hydrogen (secondary N) is 2. The van der Waals surface area contributed by atoms with Crippen molar-refractivity contribution >= 4 is 11.9 Å². The van der Waals surface area contributed by atoms with Gasteiger partial charge in [0, 0.05) is 0 Å². The average molecular weight is 212 g/mol. The molecular formula is C10H20N4O. The highest BCUT2D eigenvalue weighted by Gasteiger charge is 2.38. The number of urea groups is 1. The first kappa shape index (κ1) is 11.8. The third-order valence-corrected chi connectivity index (χ3v) is 3.41. The van der Waals surface area contributed by atoms with Gasteiger partial charge in [-0.2, -0.15) is 0 Å². The quantitative estimate of drug-likeness (QED) is 0.413. The Labute approximate surface area is 90.1 Å². The third-order valence-electron chi connectivity index (χ3n) is 3.41. The molecule has 1 aliphatic rings. The third kappa shape index (κ3) is 2.61. The molecule has 86 valence electrons. The van der Waals surface area contributed by atoms with Crippen molar-refractivity contribution in [2.45, 2.75) is 44.6 Å². The Kier molecular flexibility index (Phi) is 3.55. The van der Waals surface area contributed by atoms with Gasteiger partial charge in [0.05, 0.1) is 5.54 Å². The van der Waals surface area contributed by atoms with Crippen molar-refractivity contribution in [3.8, 4) is 0 Å². The molecule has 6 N–H and O–H groups in total. The Morgan fingerprint density at radius 2 is 2.00 bits per heavy atom. The molecule has 0 atom stereocenters. The summed E-state index contributed by atoms with van der Waals surface area (Å²) < 4.78 is 0. The summed E-state index contributed by atoms with van der Waals surface area (Å²) in [4.78, 5) is 10.9. The van der Waals surface area contributed by atoms with Crippen LogP contribution in [0.2, 0.25) is 0 Å². The van der Waals surface area contributed by atoms with Gasteiger partial charge in [-0.15, -0.1) is 0 Å². The van der Waals surface area contributed by atoms with E-state index < -0.39 is 11.6 Å². The number of nitrogens with two attached hydrogens (primary N) is 2. The van der Waals surface area contributed by atoms with Gasteiger partial charge < -0.3 is 16.8 Å². The molecular weight excluding hydrogens is 192 g/mol. The minimum atomic E-state index is -0.683. The monoisotopic (exact) mass is 212 g/mol. The standard InChI is InChI=1S/C10H20N4O/c1-2-7-3-5-10(6-4-7,8(11)12)14-9(13)15/h7H,2-6H2,1H3,(H3,11,12)(H3,13,14,15). The van der Waals surface area contributed by atoms with Crippen molar-refractivity contribution in [3.63, 3.8) is 0 Å². The average Bonchev–Trinajstić information content (AvgIpc) is 2.17. The Morgan fingerprint density at radius 1 is 1.47 bits per heavy atom. The van der Waals surface area contributed by atoms with Gasteiger partial charge in [-0.3, -0.25) is 5.41 Å². The Morgan fingerprint density at radius 3 is 2.33 bits per heavy atom. The fourth-order valence-electron chi connectivity index (χ4n) is 2.28. The van der Waals surface area contributed by atoms with Crippen molar-refractivity contribution in [1.82, 2.24) is 5.32 Å². The first-order valence-electron chi connectivity index (χ1n) is 5.42. The summed E-state index contributed by atoms with van der Waals surface area (Å²) in [5.41, 5.74) is 9.98. The van der Waals surface area contributed by atoms with E-state index in [9.17, 15) is 4.79 Å². The molecule has 0 aromatic heterocycles. The maximum atomic E-state index is 10.9. The van der Waals surface area contributed by atoms with Gasteiger partial charge in [0.15, 0.2) is 0 Å². The van der Waals surface area contributed by atoms with Crippen LogP contribution in [0.5, 0.6) is 0 Å². The van der Waals surface area contributed by atoms with Crippen LogP contribution in [0.3, 0.4) is 0 Å². The molecule has 0 aromatic carbocycles. The SMILES string of the molecule is CCC1CCC(NC(N)=O)(C(=N)N)CC1. The highest BCUT2D eigenvalue weighted by molar-refractivity contribution is 5.91. The fraction of sp³-hybridized carbons (Fsp3) is 0.800. The minimum Gasteiger partial charge on any atom is -0.386 e. The van der Waals surface area contributed by atoms with Crippen molar-refractivity contribution in [3.05, 3.63) is 0 Å². The number of carbonyl (C=O) groups excluding carboxylic acids is 1. The van der Waals surface area contributed by atoms with Crippen LogP contribution in [0.4, 0.5) is 4.79 Å². The number of amides is 2. The van der Waals surface area contributed by atoms with Gasteiger partial charge in [0.25, 0.3) is 0 Å². The highest BCUT2D eigenvalue weighted by atomic mass is 16.2. The topological polar surface area (TPSA) is 105 Å². The van der Waals surface area contributed by atoms with Crippen LogP contribution in [0.25, 0.3) is 0 Å². The lowest BCUT2D eigenvalue weighted by atomic mass is 9.75. The second-order valence-corrected chi connectivity index (χ2v) is 4.34. The second kappa shape index (κ2) is 4.51. The summed E-state index contributed by atoms with van der Waals surface area (Å²) in [5.74, 6) is 0.711. The molecule has 2 amide bonds. The van der Waals surface area contributed by atoms with E-state index in [4.69, 9.17) is 16.9 Å². The molecule has 5 heteroatoms. The highest BCUT2D eigenvalue weighted by Crippen LogP contribution is 2.33. The number of amidine groups is 1. The van der Waals surface area contributed by atoms with Crippen LogP contribution in [-0.2, 0) is 0 Å². The normalized spacial score (nSPS) is 30.9. The van der Waals surface area contributed by atoms with Crippen molar-refractivity contribution < 1.29 is 4.79 Å². The Hall–Kier alpha value is -1.26. The summed E-state index contributed by atoms with van der Waals surface area (Å²) in [6, 6.07) is -0.597. The van der Waals surface area contributed by atoms with Gasteiger partial charge in [0.2, 0.25) is 0 Å². The lowest BCUT2D eigenvalue weighted by molar-refractivity contribution is 0.218. The van der Waals surface area contributed by atoms with Crippen LogP contribution >= 0.6 is 0 Å². The first-order chi connectivity index (χ1) is 7.00. The summed E-state index contributed by atoms with van der Waals surface area (Å²) in [6.45, 7) is 2.16. The summed E-state index contributed by atoms with van der Waals surface area (Å²) in [6.07, 6.45) is 4.59. The maximum absolute atomic E-state index is 10.9. The van der Waals surface area contributed by atoms with Gasteiger partial charge in [-0.1, -0.05) is 13.3 Å². The molecule has 15 heavy (non-hydrogen) atoms. The predicted molar refractivity (Wildman–Crippen MR) is 59.6 cm³/mol. The summed E-state index contributed by atoms with van der Waals surface area (Å²) in [5, 5.41) is 10.2. The van der Waals surface area contributed by atoms with E-state index in [0.717, 1.165) is 32.1 Å². The minimum absolute atomic E-state index is 0.0239. The van der Waals surface area contributed by atoms with Crippen molar-refractivity contribution in [1.29, 1.82) is 5.41 Å². The van der Waals surface area contributed by atoms with E-state index in [2.05, 4.69) is 12.2 Å². The lowest BCUT2D eigenvalue weighted by Gasteiger charge is -2.39. The van der Waals surface area contributed by atoms with E-state index in [1.807, 2.05) is 0 Å². The molecule has 1 fully saturated rings. The molecule has 1 rings (SSSR count). The van der Waals surface area contributed by atoms with Crippen molar-refractivity contribution in [2.75, 3.05) is 0 Å². The van der Waals surface area contributed by atoms with E-state index in [-0.39, 0.29) is 5.84 Å². The van der Waals surface area contributed by atoms with E-state index in [1.54, 1.807) is 0 Å². The molecule has 0 spiro atoms. The largest absolute Gasteiger partial charge is 0.386 e. The number of primary amides is 1. The fourth-order valence-corrected chi connectivity index (χ4v) is 2.28. The van der Waals surface area contributed by atoms with Gasteiger partial charge in [-0.25, -0.2) is 4.79 Å². The molecule has 1 saturated carbocycles. The van der Waals surface area contributed by atoms with Gasteiger partial charge >= 0.3 is 6.03 Å². The zero-order valence-electron chi connectivity index (χ0n) is 9.18. The van der Waals surface area contributed by atoms with E-state index in [0.29, 0.717) is 5.92 Å². The summed E-state index contributed by atoms with van der Waals surface area (Å²) in [7, 11) is 0. The van der Waals surface area contributed by atoms with Crippen LogP contribution in [-0.4, -0.2) is 17.4 Å². The number of hydrogen-bond acceptors (Lipinski definition) is 2. The van der Waals surface area contributed by atoms with Crippen LogP contribution in [0.1, 0.15) is 39.0 Å². The maximum Gasteiger partial charge on any atom is 0.312 e. The van der Waals surface area contributed by atoms with E-state index >= 15 is 0 Å². The van der Waals surface area contributed by atoms with Crippen LogP contribution in [0.15, 0.2) is 0 Å². The van der Waals surface area contributed by atoms with Gasteiger partial charge in [-0.05, 0) is 31.6 Å². The van der Waals surface area contributed by atoms with Crippen LogP contribution in [0, 0.1) is 11.3 Å². The molecule has 0 radical (unpaired) electrons.